The van der Waals surface area contributed by atoms with Crippen LogP contribution in [0, 0.1) is 5.82 Å². The third-order valence-corrected chi connectivity index (χ3v) is 2.01. The van der Waals surface area contributed by atoms with Crippen LogP contribution in [0.25, 0.3) is 0 Å². The molecular formula is C11H15F2NO. The van der Waals surface area contributed by atoms with E-state index in [1.807, 2.05) is 0 Å². The van der Waals surface area contributed by atoms with Gasteiger partial charge in [-0.1, -0.05) is 6.07 Å². The van der Waals surface area contributed by atoms with Gasteiger partial charge in [-0.2, -0.15) is 0 Å². The van der Waals surface area contributed by atoms with Crippen LogP contribution in [0.1, 0.15) is 24.9 Å². The Morgan fingerprint density at radius 3 is 2.73 bits per heavy atom. The summed E-state index contributed by atoms with van der Waals surface area (Å²) >= 11 is 0. The molecule has 2 N–H and O–H groups in total. The summed E-state index contributed by atoms with van der Waals surface area (Å²) in [5.74, 6) is 0.0214. The van der Waals surface area contributed by atoms with Crippen LogP contribution >= 0.6 is 0 Å². The second-order valence-corrected chi connectivity index (χ2v) is 3.36. The first kappa shape index (κ1) is 11.9. The largest absolute Gasteiger partial charge is 0.493 e. The highest BCUT2D eigenvalue weighted by molar-refractivity contribution is 5.30. The van der Waals surface area contributed by atoms with Gasteiger partial charge >= 0.3 is 0 Å². The summed E-state index contributed by atoms with van der Waals surface area (Å²) in [6.07, 6.45) is 0.316. The Kier molecular flexibility index (Phi) is 4.49. The first-order valence-corrected chi connectivity index (χ1v) is 4.89. The first-order chi connectivity index (χ1) is 7.15. The zero-order valence-electron chi connectivity index (χ0n) is 8.67. The standard InChI is InChI=1S/C11H15F2NO/c1-8(14)10-4-3-9(7-11(10)13)15-6-2-5-12/h3-4,7-8H,2,5-6,14H2,1H3/t8-/m0/s1. The van der Waals surface area contributed by atoms with E-state index in [0.717, 1.165) is 0 Å². The molecule has 15 heavy (non-hydrogen) atoms. The van der Waals surface area contributed by atoms with Gasteiger partial charge in [-0.05, 0) is 13.0 Å². The van der Waals surface area contributed by atoms with Gasteiger partial charge in [-0.15, -0.1) is 0 Å². The number of ether oxygens (including phenoxy) is 1. The molecule has 0 saturated heterocycles. The van der Waals surface area contributed by atoms with Crippen LogP contribution in [0.5, 0.6) is 5.75 Å². The summed E-state index contributed by atoms with van der Waals surface area (Å²) in [6.45, 7) is 1.54. The van der Waals surface area contributed by atoms with E-state index in [1.54, 1.807) is 19.1 Å². The molecule has 0 aliphatic rings. The van der Waals surface area contributed by atoms with Gasteiger partial charge in [0.15, 0.2) is 0 Å². The number of benzene rings is 1. The summed E-state index contributed by atoms with van der Waals surface area (Å²) in [5.41, 5.74) is 6.01. The summed E-state index contributed by atoms with van der Waals surface area (Å²) in [6, 6.07) is 4.16. The van der Waals surface area contributed by atoms with Gasteiger partial charge in [0.1, 0.15) is 11.6 Å². The molecule has 0 fully saturated rings. The summed E-state index contributed by atoms with van der Waals surface area (Å²) in [7, 11) is 0. The van der Waals surface area contributed by atoms with E-state index in [0.29, 0.717) is 17.7 Å². The lowest BCUT2D eigenvalue weighted by molar-refractivity contribution is 0.288. The fourth-order valence-electron chi connectivity index (χ4n) is 1.21. The maximum absolute atomic E-state index is 13.4. The van der Waals surface area contributed by atoms with Crippen LogP contribution in [0.4, 0.5) is 8.78 Å². The maximum atomic E-state index is 13.4. The van der Waals surface area contributed by atoms with Crippen molar-refractivity contribution < 1.29 is 13.5 Å². The monoisotopic (exact) mass is 215 g/mol. The van der Waals surface area contributed by atoms with Crippen molar-refractivity contribution in [3.63, 3.8) is 0 Å². The van der Waals surface area contributed by atoms with Gasteiger partial charge in [0.25, 0.3) is 0 Å². The summed E-state index contributed by atoms with van der Waals surface area (Å²) < 4.78 is 30.3. The smallest absolute Gasteiger partial charge is 0.131 e. The fraction of sp³-hybridized carbons (Fsp3) is 0.455. The van der Waals surface area contributed by atoms with Crippen molar-refractivity contribution in [3.8, 4) is 5.75 Å². The summed E-state index contributed by atoms with van der Waals surface area (Å²) in [5, 5.41) is 0. The SMILES string of the molecule is C[C@H](N)c1ccc(OCCCF)cc1F. The lowest BCUT2D eigenvalue weighted by Crippen LogP contribution is -2.07. The van der Waals surface area contributed by atoms with Crippen molar-refractivity contribution >= 4 is 0 Å². The van der Waals surface area contributed by atoms with Gasteiger partial charge in [0, 0.05) is 24.1 Å². The third-order valence-electron chi connectivity index (χ3n) is 2.01. The molecule has 0 bridgehead atoms. The highest BCUT2D eigenvalue weighted by Crippen LogP contribution is 2.20. The van der Waals surface area contributed by atoms with Gasteiger partial charge in [0.2, 0.25) is 0 Å². The Balaban J connectivity index is 2.65. The van der Waals surface area contributed by atoms with E-state index in [-0.39, 0.29) is 18.5 Å². The average Bonchev–Trinajstić information content (AvgIpc) is 2.17. The van der Waals surface area contributed by atoms with E-state index >= 15 is 0 Å². The number of hydrogen-bond acceptors (Lipinski definition) is 2. The van der Waals surface area contributed by atoms with E-state index in [1.165, 1.54) is 6.07 Å². The van der Waals surface area contributed by atoms with E-state index in [9.17, 15) is 8.78 Å². The molecule has 0 amide bonds. The third kappa shape index (κ3) is 3.47. The van der Waals surface area contributed by atoms with Crippen LogP contribution in [0.3, 0.4) is 0 Å². The van der Waals surface area contributed by atoms with Crippen molar-refractivity contribution in [2.24, 2.45) is 5.73 Å². The Bertz CT molecular complexity index is 315. The number of hydrogen-bond donors (Lipinski definition) is 1. The summed E-state index contributed by atoms with van der Waals surface area (Å²) in [4.78, 5) is 0. The molecule has 1 rings (SSSR count). The van der Waals surface area contributed by atoms with Crippen LogP contribution in [0.2, 0.25) is 0 Å². The molecule has 0 aliphatic heterocycles. The van der Waals surface area contributed by atoms with Gasteiger partial charge in [-0.25, -0.2) is 4.39 Å². The zero-order valence-corrected chi connectivity index (χ0v) is 8.67. The average molecular weight is 215 g/mol. The highest BCUT2D eigenvalue weighted by Gasteiger charge is 2.07. The van der Waals surface area contributed by atoms with E-state index < -0.39 is 6.67 Å². The van der Waals surface area contributed by atoms with Crippen molar-refractivity contribution in [1.29, 1.82) is 0 Å². The molecule has 0 spiro atoms. The lowest BCUT2D eigenvalue weighted by Gasteiger charge is -2.09. The quantitative estimate of drug-likeness (QED) is 0.766. The molecule has 1 atom stereocenters. The van der Waals surface area contributed by atoms with Gasteiger partial charge < -0.3 is 10.5 Å². The predicted octanol–water partition coefficient (Wildman–Crippen LogP) is 2.58. The van der Waals surface area contributed by atoms with Crippen molar-refractivity contribution in [2.45, 2.75) is 19.4 Å². The fourth-order valence-corrected chi connectivity index (χ4v) is 1.21. The normalized spacial score (nSPS) is 12.5. The molecule has 0 aliphatic carbocycles. The van der Waals surface area contributed by atoms with Crippen molar-refractivity contribution in [3.05, 3.63) is 29.6 Å². The molecule has 1 aromatic carbocycles. The minimum Gasteiger partial charge on any atom is -0.493 e. The zero-order chi connectivity index (χ0) is 11.3. The molecule has 0 saturated carbocycles. The van der Waals surface area contributed by atoms with E-state index in [2.05, 4.69) is 0 Å². The number of nitrogens with two attached hydrogens (primary N) is 1. The van der Waals surface area contributed by atoms with Gasteiger partial charge in [0.05, 0.1) is 13.3 Å². The van der Waals surface area contributed by atoms with Gasteiger partial charge in [-0.3, -0.25) is 4.39 Å². The molecule has 1 aromatic rings. The van der Waals surface area contributed by atoms with Crippen LogP contribution in [0.15, 0.2) is 18.2 Å². The predicted molar refractivity (Wildman–Crippen MR) is 55.1 cm³/mol. The second-order valence-electron chi connectivity index (χ2n) is 3.36. The Morgan fingerprint density at radius 2 is 2.20 bits per heavy atom. The van der Waals surface area contributed by atoms with Crippen LogP contribution in [-0.2, 0) is 0 Å². The molecule has 4 heteroatoms. The molecular weight excluding hydrogens is 200 g/mol. The molecule has 0 aromatic heterocycles. The van der Waals surface area contributed by atoms with Crippen molar-refractivity contribution in [1.82, 2.24) is 0 Å². The lowest BCUT2D eigenvalue weighted by atomic mass is 10.1. The first-order valence-electron chi connectivity index (χ1n) is 4.89. The molecule has 0 heterocycles. The molecule has 0 unspecified atom stereocenters. The Hall–Kier alpha value is -1.16. The minimum absolute atomic E-state index is 0.257. The maximum Gasteiger partial charge on any atom is 0.131 e. The van der Waals surface area contributed by atoms with E-state index in [4.69, 9.17) is 10.5 Å². The number of rotatable bonds is 5. The van der Waals surface area contributed by atoms with Crippen molar-refractivity contribution in [2.75, 3.05) is 13.3 Å². The van der Waals surface area contributed by atoms with Crippen LogP contribution < -0.4 is 10.5 Å². The second kappa shape index (κ2) is 5.66. The minimum atomic E-state index is -0.430. The topological polar surface area (TPSA) is 35.2 Å². The molecule has 2 nitrogen and oxygen atoms in total. The number of alkyl halides is 1. The highest BCUT2D eigenvalue weighted by atomic mass is 19.1. The number of halogens is 2. The Morgan fingerprint density at radius 1 is 1.47 bits per heavy atom. The Labute approximate surface area is 88.0 Å². The molecule has 0 radical (unpaired) electrons. The molecule has 84 valence electrons. The van der Waals surface area contributed by atoms with Crippen LogP contribution in [-0.4, -0.2) is 13.3 Å².